The fourth-order valence-electron chi connectivity index (χ4n) is 3.33. The topological polar surface area (TPSA) is 135 Å². The summed E-state index contributed by atoms with van der Waals surface area (Å²) in [6.45, 7) is 3.94. The molecule has 156 valence electrons. The number of phenols is 1. The zero-order valence-electron chi connectivity index (χ0n) is 16.5. The molecule has 0 amide bonds. The number of aromatic carboxylic acids is 2. The number of nitrogens with two attached hydrogens (primary N) is 1. The first-order valence-electron chi connectivity index (χ1n) is 9.22. The predicted molar refractivity (Wildman–Crippen MR) is 110 cm³/mol. The van der Waals surface area contributed by atoms with Crippen LogP contribution in [0.3, 0.4) is 0 Å². The van der Waals surface area contributed by atoms with Gasteiger partial charge in [-0.05, 0) is 62.7 Å². The number of nitrogens with zero attached hydrogens (tertiary/aromatic N) is 1. The number of carboxylic acid groups (broad SMARTS) is 2. The van der Waals surface area contributed by atoms with E-state index in [4.69, 9.17) is 10.5 Å². The van der Waals surface area contributed by atoms with E-state index in [-0.39, 0.29) is 28.3 Å². The molecule has 0 saturated carbocycles. The van der Waals surface area contributed by atoms with Crippen molar-refractivity contribution < 1.29 is 29.6 Å². The maximum absolute atomic E-state index is 11.7. The molecular formula is C22H22N2O6. The van der Waals surface area contributed by atoms with Gasteiger partial charge in [0.15, 0.2) is 11.5 Å². The summed E-state index contributed by atoms with van der Waals surface area (Å²) in [6, 6.07) is 10.6. The van der Waals surface area contributed by atoms with Crippen molar-refractivity contribution in [1.82, 2.24) is 4.57 Å². The number of phenolic OH excluding ortho intramolecular Hbond substituents is 1. The fourth-order valence-corrected chi connectivity index (χ4v) is 3.33. The molecule has 0 fully saturated rings. The first-order valence-corrected chi connectivity index (χ1v) is 9.22. The molecule has 30 heavy (non-hydrogen) atoms. The summed E-state index contributed by atoms with van der Waals surface area (Å²) in [5, 5.41) is 29.1. The van der Waals surface area contributed by atoms with E-state index in [1.165, 1.54) is 18.2 Å². The van der Waals surface area contributed by atoms with Gasteiger partial charge in [0, 0.05) is 11.8 Å². The SMILES string of the molecule is Cc1cc(Oc2ccc(CCN)cc2O)c(C)n1-c1cc(C(=O)O)ccc1C(=O)O. The maximum Gasteiger partial charge on any atom is 0.337 e. The van der Waals surface area contributed by atoms with Crippen molar-refractivity contribution in [2.24, 2.45) is 5.73 Å². The molecule has 8 heteroatoms. The second-order valence-electron chi connectivity index (χ2n) is 6.86. The van der Waals surface area contributed by atoms with Crippen LogP contribution in [0.25, 0.3) is 5.69 Å². The highest BCUT2D eigenvalue weighted by molar-refractivity contribution is 5.95. The molecule has 2 aromatic carbocycles. The molecule has 8 nitrogen and oxygen atoms in total. The van der Waals surface area contributed by atoms with Crippen LogP contribution >= 0.6 is 0 Å². The summed E-state index contributed by atoms with van der Waals surface area (Å²) in [6.07, 6.45) is 0.625. The lowest BCUT2D eigenvalue weighted by molar-refractivity contribution is 0.0681. The Morgan fingerprint density at radius 1 is 1.00 bits per heavy atom. The van der Waals surface area contributed by atoms with E-state index in [2.05, 4.69) is 0 Å². The van der Waals surface area contributed by atoms with E-state index in [0.29, 0.717) is 30.1 Å². The molecule has 0 unspecified atom stereocenters. The lowest BCUT2D eigenvalue weighted by Gasteiger charge is -2.14. The third-order valence-electron chi connectivity index (χ3n) is 4.78. The van der Waals surface area contributed by atoms with Gasteiger partial charge in [0.25, 0.3) is 0 Å². The van der Waals surface area contributed by atoms with Crippen LogP contribution in [0.15, 0.2) is 42.5 Å². The summed E-state index contributed by atoms with van der Waals surface area (Å²) < 4.78 is 7.48. The minimum Gasteiger partial charge on any atom is -0.504 e. The number of hydrogen-bond donors (Lipinski definition) is 4. The number of rotatable bonds is 7. The van der Waals surface area contributed by atoms with Crippen LogP contribution in [-0.2, 0) is 6.42 Å². The average Bonchev–Trinajstić information content (AvgIpc) is 2.96. The Morgan fingerprint density at radius 3 is 2.33 bits per heavy atom. The third-order valence-corrected chi connectivity index (χ3v) is 4.78. The zero-order valence-corrected chi connectivity index (χ0v) is 16.5. The lowest BCUT2D eigenvalue weighted by atomic mass is 10.1. The van der Waals surface area contributed by atoms with E-state index in [1.807, 2.05) is 0 Å². The van der Waals surface area contributed by atoms with Crippen molar-refractivity contribution >= 4 is 11.9 Å². The molecule has 0 spiro atoms. The molecule has 3 rings (SSSR count). The van der Waals surface area contributed by atoms with E-state index in [9.17, 15) is 24.9 Å². The van der Waals surface area contributed by atoms with Gasteiger partial charge in [0.05, 0.1) is 22.5 Å². The highest BCUT2D eigenvalue weighted by Gasteiger charge is 2.20. The standard InChI is InChI=1S/C22H22N2O6/c1-12-9-20(30-19-6-3-14(7-8-23)10-18(19)25)13(2)24(12)17-11-15(21(26)27)4-5-16(17)22(28)29/h3-6,9-11,25H,7-8,23H2,1-2H3,(H,26,27)(H,28,29). The van der Waals surface area contributed by atoms with Gasteiger partial charge in [-0.3, -0.25) is 0 Å². The van der Waals surface area contributed by atoms with Crippen molar-refractivity contribution in [1.29, 1.82) is 0 Å². The Morgan fingerprint density at radius 2 is 1.73 bits per heavy atom. The number of carbonyl (C=O) groups is 2. The predicted octanol–water partition coefficient (Wildman–Crippen LogP) is 3.49. The molecule has 0 aliphatic heterocycles. The van der Waals surface area contributed by atoms with Crippen LogP contribution in [0.1, 0.15) is 37.7 Å². The quantitative estimate of drug-likeness (QED) is 0.468. The number of carboxylic acids is 2. The van der Waals surface area contributed by atoms with E-state index in [0.717, 1.165) is 5.56 Å². The van der Waals surface area contributed by atoms with E-state index in [1.54, 1.807) is 42.7 Å². The Labute approximate surface area is 172 Å². The summed E-state index contributed by atoms with van der Waals surface area (Å²) >= 11 is 0. The van der Waals surface area contributed by atoms with Crippen LogP contribution in [0.4, 0.5) is 0 Å². The van der Waals surface area contributed by atoms with Gasteiger partial charge >= 0.3 is 11.9 Å². The molecule has 0 radical (unpaired) electrons. The summed E-state index contributed by atoms with van der Waals surface area (Å²) in [5.41, 5.74) is 7.77. The second kappa shape index (κ2) is 8.30. The van der Waals surface area contributed by atoms with Gasteiger partial charge in [-0.15, -0.1) is 0 Å². The molecule has 0 aliphatic carbocycles. The molecule has 1 heterocycles. The largest absolute Gasteiger partial charge is 0.504 e. The van der Waals surface area contributed by atoms with Crippen LogP contribution in [0.5, 0.6) is 17.2 Å². The molecule has 0 bridgehead atoms. The molecule has 5 N–H and O–H groups in total. The van der Waals surface area contributed by atoms with Gasteiger partial charge in [-0.2, -0.15) is 0 Å². The zero-order chi connectivity index (χ0) is 22.0. The van der Waals surface area contributed by atoms with Crippen LogP contribution in [-0.4, -0.2) is 38.4 Å². The fraction of sp³-hybridized carbons (Fsp3) is 0.182. The van der Waals surface area contributed by atoms with Crippen molar-refractivity contribution in [2.45, 2.75) is 20.3 Å². The number of ether oxygens (including phenoxy) is 1. The molecule has 1 aromatic heterocycles. The van der Waals surface area contributed by atoms with Crippen molar-refractivity contribution in [3.8, 4) is 22.9 Å². The number of aryl methyl sites for hydroxylation is 1. The highest BCUT2D eigenvalue weighted by atomic mass is 16.5. The monoisotopic (exact) mass is 410 g/mol. The summed E-state index contributed by atoms with van der Waals surface area (Å²) in [7, 11) is 0. The molecular weight excluding hydrogens is 388 g/mol. The number of aromatic nitrogens is 1. The van der Waals surface area contributed by atoms with Crippen LogP contribution in [0, 0.1) is 13.8 Å². The minimum atomic E-state index is -1.18. The van der Waals surface area contributed by atoms with Crippen molar-refractivity contribution in [3.05, 3.63) is 70.5 Å². The van der Waals surface area contributed by atoms with Gasteiger partial charge in [0.2, 0.25) is 0 Å². The number of aromatic hydroxyl groups is 1. The minimum absolute atomic E-state index is 0.0295. The van der Waals surface area contributed by atoms with Gasteiger partial charge in [-0.1, -0.05) is 6.07 Å². The number of hydrogen-bond acceptors (Lipinski definition) is 5. The molecule has 0 aliphatic rings. The van der Waals surface area contributed by atoms with E-state index < -0.39 is 11.9 Å². The Kier molecular flexibility index (Phi) is 5.79. The lowest BCUT2D eigenvalue weighted by Crippen LogP contribution is -2.10. The molecule has 0 atom stereocenters. The maximum atomic E-state index is 11.7. The van der Waals surface area contributed by atoms with E-state index >= 15 is 0 Å². The highest BCUT2D eigenvalue weighted by Crippen LogP contribution is 2.36. The normalized spacial score (nSPS) is 10.8. The molecule has 0 saturated heterocycles. The Balaban J connectivity index is 2.06. The van der Waals surface area contributed by atoms with Crippen LogP contribution in [0.2, 0.25) is 0 Å². The summed E-state index contributed by atoms with van der Waals surface area (Å²) in [4.78, 5) is 23.1. The van der Waals surface area contributed by atoms with Crippen molar-refractivity contribution in [2.75, 3.05) is 6.54 Å². The summed E-state index contributed by atoms with van der Waals surface area (Å²) in [5.74, 6) is -1.72. The Bertz CT molecular complexity index is 1130. The van der Waals surface area contributed by atoms with Crippen LogP contribution < -0.4 is 10.5 Å². The van der Waals surface area contributed by atoms with Gasteiger partial charge < -0.3 is 30.4 Å². The smallest absolute Gasteiger partial charge is 0.337 e. The first kappa shape index (κ1) is 20.9. The average molecular weight is 410 g/mol. The Hall–Kier alpha value is -3.78. The third kappa shape index (κ3) is 3.99. The van der Waals surface area contributed by atoms with Gasteiger partial charge in [0.1, 0.15) is 5.75 Å². The van der Waals surface area contributed by atoms with Gasteiger partial charge in [-0.25, -0.2) is 9.59 Å². The number of benzene rings is 2. The second-order valence-corrected chi connectivity index (χ2v) is 6.86. The first-order chi connectivity index (χ1) is 14.2. The molecule has 3 aromatic rings. The van der Waals surface area contributed by atoms with Crippen molar-refractivity contribution in [3.63, 3.8) is 0 Å².